The number of ether oxygens (including phenoxy) is 2. The zero-order chi connectivity index (χ0) is 40.6. The molecule has 1 saturated heterocycles. The molecule has 0 spiro atoms. The van der Waals surface area contributed by atoms with Crippen molar-refractivity contribution in [3.63, 3.8) is 0 Å². The summed E-state index contributed by atoms with van der Waals surface area (Å²) in [4.78, 5) is 72.4. The number of rotatable bonds is 7. The van der Waals surface area contributed by atoms with Gasteiger partial charge in [-0.15, -0.1) is 0 Å². The molecule has 3 N–H and O–H groups in total. The van der Waals surface area contributed by atoms with Crippen LogP contribution in [0.1, 0.15) is 95.2 Å². The normalized spacial score (nSPS) is 27.6. The number of alkyl carbamates (subject to hydrolysis) is 1. The van der Waals surface area contributed by atoms with Crippen molar-refractivity contribution >= 4 is 39.9 Å². The summed E-state index contributed by atoms with van der Waals surface area (Å²) in [5, 5.41) is 5.59. The van der Waals surface area contributed by atoms with E-state index in [1.807, 2.05) is 66.7 Å². The van der Waals surface area contributed by atoms with Crippen LogP contribution in [-0.2, 0) is 53.4 Å². The predicted octanol–water partition coefficient (Wildman–Crippen LogP) is 4.62. The Kier molecular flexibility index (Phi) is 11.2. The van der Waals surface area contributed by atoms with Crippen LogP contribution in [0.3, 0.4) is 0 Å². The van der Waals surface area contributed by atoms with Crippen LogP contribution in [-0.4, -0.2) is 88.7 Å². The number of amides is 5. The largest absolute Gasteiger partial charge is 0.444 e. The fourth-order valence-corrected chi connectivity index (χ4v) is 9.90. The molecule has 3 fully saturated rings. The van der Waals surface area contributed by atoms with Crippen LogP contribution in [0.4, 0.5) is 9.59 Å². The Morgan fingerprint density at radius 1 is 0.947 bits per heavy atom. The summed E-state index contributed by atoms with van der Waals surface area (Å²) < 4.78 is 40.4. The first kappa shape index (κ1) is 40.3. The van der Waals surface area contributed by atoms with Gasteiger partial charge in [0.2, 0.25) is 21.8 Å². The van der Waals surface area contributed by atoms with Gasteiger partial charge >= 0.3 is 12.2 Å². The van der Waals surface area contributed by atoms with Crippen LogP contribution >= 0.6 is 0 Å². The Labute approximate surface area is 334 Å². The van der Waals surface area contributed by atoms with Crippen LogP contribution in [0.5, 0.6) is 0 Å². The molecule has 2 aromatic rings. The van der Waals surface area contributed by atoms with Gasteiger partial charge in [0.25, 0.3) is 5.91 Å². The van der Waals surface area contributed by atoms with Gasteiger partial charge in [-0.05, 0) is 82.4 Å². The highest BCUT2D eigenvalue weighted by molar-refractivity contribution is 7.91. The van der Waals surface area contributed by atoms with E-state index in [9.17, 15) is 32.4 Å². The molecule has 2 saturated carbocycles. The van der Waals surface area contributed by atoms with Gasteiger partial charge in [-0.2, -0.15) is 0 Å². The van der Waals surface area contributed by atoms with E-state index < -0.39 is 79.9 Å². The van der Waals surface area contributed by atoms with Crippen molar-refractivity contribution in [2.24, 2.45) is 5.92 Å². The molecule has 57 heavy (non-hydrogen) atoms. The number of allylic oxidation sites excluding steroid dienone is 1. The van der Waals surface area contributed by atoms with Crippen molar-refractivity contribution in [2.45, 2.75) is 132 Å². The van der Waals surface area contributed by atoms with Crippen LogP contribution < -0.4 is 15.4 Å². The van der Waals surface area contributed by atoms with E-state index in [-0.39, 0.29) is 32.2 Å². The molecule has 5 amide bonds. The first-order chi connectivity index (χ1) is 27.1. The minimum Gasteiger partial charge on any atom is -0.444 e. The summed E-state index contributed by atoms with van der Waals surface area (Å²) in [6.45, 7) is 5.74. The van der Waals surface area contributed by atoms with Crippen LogP contribution in [0.2, 0.25) is 0 Å². The Bertz CT molecular complexity index is 2000. The second kappa shape index (κ2) is 15.8. The van der Waals surface area contributed by atoms with Gasteiger partial charge in [0.1, 0.15) is 29.3 Å². The Hall–Kier alpha value is -4.92. The molecule has 5 atom stereocenters. The second-order valence-corrected chi connectivity index (χ2v) is 19.3. The number of fused-ring (bicyclic) bond motifs is 3. The maximum atomic E-state index is 14.5. The highest BCUT2D eigenvalue weighted by atomic mass is 32.2. The molecule has 7 rings (SSSR count). The highest BCUT2D eigenvalue weighted by Gasteiger charge is 2.64. The molecule has 0 radical (unpaired) electrons. The second-order valence-electron chi connectivity index (χ2n) is 17.2. The number of sulfonamides is 1. The summed E-state index contributed by atoms with van der Waals surface area (Å²) >= 11 is 0. The van der Waals surface area contributed by atoms with Crippen LogP contribution in [0.25, 0.3) is 0 Å². The van der Waals surface area contributed by atoms with Gasteiger partial charge in [0.15, 0.2) is 0 Å². The minimum atomic E-state index is -4.15. The maximum absolute atomic E-state index is 14.5. The van der Waals surface area contributed by atoms with Gasteiger partial charge < -0.3 is 25.0 Å². The first-order valence-corrected chi connectivity index (χ1v) is 21.5. The third-order valence-corrected chi connectivity index (χ3v) is 13.8. The van der Waals surface area contributed by atoms with Crippen molar-refractivity contribution in [2.75, 3.05) is 6.54 Å². The van der Waals surface area contributed by atoms with Crippen LogP contribution in [0, 0.1) is 5.92 Å². The smallest absolute Gasteiger partial charge is 0.410 e. The summed E-state index contributed by atoms with van der Waals surface area (Å²) in [7, 11) is -4.15. The van der Waals surface area contributed by atoms with Crippen molar-refractivity contribution in [1.82, 2.24) is 25.2 Å². The molecule has 3 heterocycles. The number of carbonyl (C=O) groups excluding carboxylic acids is 5. The highest BCUT2D eigenvalue weighted by Crippen LogP contribution is 2.49. The summed E-state index contributed by atoms with van der Waals surface area (Å²) in [5.74, 6) is -2.55. The standard InChI is InChI=1S/C42H53N5O9S/c1-40(2,3)56-38(51)43-33-19-11-6-4-5-10-18-31-24-42(31,37(50)45-57(53,54)41(20-21-41)23-28-14-8-7-9-15-28)44-35(48)34-22-32(27-47(34)36(33)49)55-39(52)46-25-29-16-12-13-17-30(29)26-46/h7-10,12-18,31-34H,4-6,11,19-27H2,1-3H3,(H,43,51)(H,44,48)(H,45,50)/b18-10-/t31-,32-,33+,34+,42-/m1/s1. The van der Waals surface area contributed by atoms with E-state index >= 15 is 0 Å². The molecular weight excluding hydrogens is 751 g/mol. The van der Waals surface area contributed by atoms with E-state index in [2.05, 4.69) is 15.4 Å². The van der Waals surface area contributed by atoms with E-state index in [1.54, 1.807) is 25.7 Å². The molecule has 3 aliphatic heterocycles. The fraction of sp³-hybridized carbons (Fsp3) is 0.548. The molecule has 2 aliphatic carbocycles. The Balaban J connectivity index is 1.13. The van der Waals surface area contributed by atoms with E-state index in [0.717, 1.165) is 29.5 Å². The summed E-state index contributed by atoms with van der Waals surface area (Å²) in [6, 6.07) is 14.7. The Morgan fingerprint density at radius 3 is 2.30 bits per heavy atom. The van der Waals surface area contributed by atoms with Crippen LogP contribution in [0.15, 0.2) is 66.7 Å². The van der Waals surface area contributed by atoms with Gasteiger partial charge in [-0.1, -0.05) is 79.6 Å². The minimum absolute atomic E-state index is 0.0695. The maximum Gasteiger partial charge on any atom is 0.410 e. The molecule has 15 heteroatoms. The number of nitrogens with zero attached hydrogens (tertiary/aromatic N) is 2. The van der Waals surface area contributed by atoms with Crippen molar-refractivity contribution in [3.8, 4) is 0 Å². The zero-order valence-electron chi connectivity index (χ0n) is 32.8. The third kappa shape index (κ3) is 8.98. The molecule has 14 nitrogen and oxygen atoms in total. The van der Waals surface area contributed by atoms with Crippen molar-refractivity contribution in [1.29, 1.82) is 0 Å². The van der Waals surface area contributed by atoms with Crippen molar-refractivity contribution < 1.29 is 41.9 Å². The fourth-order valence-electron chi connectivity index (χ4n) is 8.26. The SMILES string of the molecule is CC(C)(C)OC(=O)N[C@H]1CCCCC/C=C\[C@@H]2C[C@@]2(C(=O)NS(=O)(=O)C2(Cc3ccccc3)CC2)NC(=O)[C@@H]2C[C@@H](OC(=O)N3Cc4ccccc4C3)CN2C1=O. The van der Waals surface area contributed by atoms with Crippen molar-refractivity contribution in [3.05, 3.63) is 83.4 Å². The number of carbonyl (C=O) groups is 5. The van der Waals surface area contributed by atoms with E-state index in [1.165, 1.54) is 4.90 Å². The number of hydrogen-bond acceptors (Lipinski definition) is 9. The predicted molar refractivity (Wildman–Crippen MR) is 210 cm³/mol. The van der Waals surface area contributed by atoms with Gasteiger partial charge in [-0.25, -0.2) is 18.0 Å². The van der Waals surface area contributed by atoms with E-state index in [4.69, 9.17) is 9.47 Å². The monoisotopic (exact) mass is 803 g/mol. The molecular formula is C42H53N5O9S. The molecule has 5 aliphatic rings. The zero-order valence-corrected chi connectivity index (χ0v) is 33.6. The van der Waals surface area contributed by atoms with Gasteiger partial charge in [0, 0.05) is 25.4 Å². The quantitative estimate of drug-likeness (QED) is 0.337. The topological polar surface area (TPSA) is 181 Å². The Morgan fingerprint density at radius 2 is 1.63 bits per heavy atom. The molecule has 0 unspecified atom stereocenters. The number of nitrogens with one attached hydrogen (secondary N) is 3. The molecule has 2 aromatic carbocycles. The number of hydrogen-bond donors (Lipinski definition) is 3. The third-order valence-electron chi connectivity index (χ3n) is 11.7. The van der Waals surface area contributed by atoms with Gasteiger partial charge in [-0.3, -0.25) is 24.0 Å². The summed E-state index contributed by atoms with van der Waals surface area (Å²) in [5.41, 5.74) is 0.447. The lowest BCUT2D eigenvalue weighted by molar-refractivity contribution is -0.141. The lowest BCUT2D eigenvalue weighted by Gasteiger charge is -2.30. The molecule has 0 aromatic heterocycles. The lowest BCUT2D eigenvalue weighted by atomic mass is 10.0. The summed E-state index contributed by atoms with van der Waals surface area (Å²) in [6.07, 6.45) is 5.73. The van der Waals surface area contributed by atoms with E-state index in [0.29, 0.717) is 38.8 Å². The average molecular weight is 804 g/mol. The first-order valence-electron chi connectivity index (χ1n) is 20.0. The van der Waals surface area contributed by atoms with Gasteiger partial charge in [0.05, 0.1) is 11.3 Å². The number of benzene rings is 2. The average Bonchev–Trinajstić information content (AvgIpc) is 3.97. The molecule has 0 bridgehead atoms. The lowest BCUT2D eigenvalue weighted by Crippen LogP contribution is -2.59. The molecule has 306 valence electrons.